The van der Waals surface area contributed by atoms with Crippen LogP contribution in [-0.4, -0.2) is 28.3 Å². The normalized spacial score (nSPS) is 27.5. The second-order valence-electron chi connectivity index (χ2n) is 6.45. The highest BCUT2D eigenvalue weighted by molar-refractivity contribution is 7.99. The molecule has 1 aliphatic carbocycles. The molecule has 3 nitrogen and oxygen atoms in total. The van der Waals surface area contributed by atoms with Gasteiger partial charge in [-0.1, -0.05) is 27.2 Å². The van der Waals surface area contributed by atoms with Gasteiger partial charge in [-0.3, -0.25) is 0 Å². The van der Waals surface area contributed by atoms with E-state index in [4.69, 9.17) is 0 Å². The van der Waals surface area contributed by atoms with Crippen LogP contribution in [0.1, 0.15) is 46.5 Å². The van der Waals surface area contributed by atoms with Gasteiger partial charge in [0.15, 0.2) is 0 Å². The predicted octanol–water partition coefficient (Wildman–Crippen LogP) is 3.76. The van der Waals surface area contributed by atoms with Gasteiger partial charge in [-0.05, 0) is 43.7 Å². The summed E-state index contributed by atoms with van der Waals surface area (Å²) in [6.07, 6.45) is 8.63. The summed E-state index contributed by atoms with van der Waals surface area (Å²) >= 11 is 1.91. The average molecular weight is 293 g/mol. The summed E-state index contributed by atoms with van der Waals surface area (Å²) in [6, 6.07) is 2.62. The van der Waals surface area contributed by atoms with Crippen LogP contribution in [0.5, 0.6) is 0 Å². The molecule has 1 aromatic heterocycles. The predicted molar refractivity (Wildman–Crippen MR) is 85.9 cm³/mol. The van der Waals surface area contributed by atoms with Crippen LogP contribution in [0.15, 0.2) is 23.6 Å². The lowest BCUT2D eigenvalue weighted by atomic mass is 9.68. The van der Waals surface area contributed by atoms with Gasteiger partial charge in [0.25, 0.3) is 0 Å². The molecular formula is C16H27N3S. The standard InChI is InChI=1S/C16H27N3S/c1-5-16(2,3)12-6-7-13(17-4)14(10-12)20-15-8-9-18-11-19-15/h8-9,11-14,17H,5-7,10H2,1-4H3. The molecule has 0 aliphatic heterocycles. The van der Waals surface area contributed by atoms with Crippen LogP contribution in [0.4, 0.5) is 0 Å². The number of thioether (sulfide) groups is 1. The van der Waals surface area contributed by atoms with Crippen molar-refractivity contribution in [2.75, 3.05) is 7.05 Å². The monoisotopic (exact) mass is 293 g/mol. The van der Waals surface area contributed by atoms with Crippen molar-refractivity contribution < 1.29 is 0 Å². The Morgan fingerprint density at radius 2 is 2.20 bits per heavy atom. The molecule has 1 fully saturated rings. The number of hydrogen-bond acceptors (Lipinski definition) is 4. The van der Waals surface area contributed by atoms with E-state index in [1.165, 1.54) is 25.7 Å². The molecule has 1 saturated carbocycles. The van der Waals surface area contributed by atoms with Crippen LogP contribution in [0.25, 0.3) is 0 Å². The SMILES string of the molecule is CCC(C)(C)C1CCC(NC)C(Sc2ccncn2)C1. The zero-order valence-corrected chi connectivity index (χ0v) is 13.9. The summed E-state index contributed by atoms with van der Waals surface area (Å²) < 4.78 is 0. The summed E-state index contributed by atoms with van der Waals surface area (Å²) in [6.45, 7) is 7.16. The first-order chi connectivity index (χ1) is 9.56. The van der Waals surface area contributed by atoms with E-state index >= 15 is 0 Å². The molecule has 4 heteroatoms. The molecule has 0 aromatic carbocycles. The second-order valence-corrected chi connectivity index (χ2v) is 7.71. The van der Waals surface area contributed by atoms with Crippen LogP contribution in [0.2, 0.25) is 0 Å². The van der Waals surface area contributed by atoms with E-state index < -0.39 is 0 Å². The lowest BCUT2D eigenvalue weighted by Gasteiger charge is -2.42. The molecule has 2 rings (SSSR count). The van der Waals surface area contributed by atoms with Gasteiger partial charge >= 0.3 is 0 Å². The quantitative estimate of drug-likeness (QED) is 0.839. The van der Waals surface area contributed by atoms with E-state index in [9.17, 15) is 0 Å². The van der Waals surface area contributed by atoms with Crippen molar-refractivity contribution in [2.45, 2.75) is 62.8 Å². The van der Waals surface area contributed by atoms with Crippen LogP contribution >= 0.6 is 11.8 Å². The van der Waals surface area contributed by atoms with Gasteiger partial charge in [0, 0.05) is 17.5 Å². The molecule has 1 heterocycles. The molecule has 0 saturated heterocycles. The van der Waals surface area contributed by atoms with Gasteiger partial charge < -0.3 is 5.32 Å². The number of nitrogens with one attached hydrogen (secondary N) is 1. The molecule has 20 heavy (non-hydrogen) atoms. The molecule has 3 unspecified atom stereocenters. The largest absolute Gasteiger partial charge is 0.316 e. The van der Waals surface area contributed by atoms with E-state index in [1.54, 1.807) is 6.33 Å². The van der Waals surface area contributed by atoms with Crippen LogP contribution in [-0.2, 0) is 0 Å². The molecule has 1 aromatic rings. The number of rotatable bonds is 5. The molecule has 0 amide bonds. The maximum absolute atomic E-state index is 4.37. The molecule has 3 atom stereocenters. The van der Waals surface area contributed by atoms with E-state index in [0.29, 0.717) is 16.7 Å². The Labute approximate surface area is 127 Å². The molecule has 1 aliphatic rings. The van der Waals surface area contributed by atoms with Gasteiger partial charge in [-0.25, -0.2) is 9.97 Å². The Hall–Kier alpha value is -0.610. The molecule has 1 N–H and O–H groups in total. The van der Waals surface area contributed by atoms with E-state index in [0.717, 1.165) is 10.9 Å². The third-order valence-electron chi connectivity index (χ3n) is 5.01. The van der Waals surface area contributed by atoms with Crippen molar-refractivity contribution in [1.82, 2.24) is 15.3 Å². The summed E-state index contributed by atoms with van der Waals surface area (Å²) in [5.74, 6) is 0.816. The highest BCUT2D eigenvalue weighted by Crippen LogP contribution is 2.44. The molecular weight excluding hydrogens is 266 g/mol. The van der Waals surface area contributed by atoms with Crippen LogP contribution in [0.3, 0.4) is 0 Å². The smallest absolute Gasteiger partial charge is 0.116 e. The van der Waals surface area contributed by atoms with Crippen molar-refractivity contribution in [3.8, 4) is 0 Å². The minimum absolute atomic E-state index is 0.448. The Kier molecular flexibility index (Phi) is 5.44. The first kappa shape index (κ1) is 15.8. The first-order valence-corrected chi connectivity index (χ1v) is 8.54. The van der Waals surface area contributed by atoms with Crippen molar-refractivity contribution in [3.05, 3.63) is 18.6 Å². The Balaban J connectivity index is 2.07. The van der Waals surface area contributed by atoms with Crippen molar-refractivity contribution in [3.63, 3.8) is 0 Å². The zero-order chi connectivity index (χ0) is 14.6. The van der Waals surface area contributed by atoms with Gasteiger partial charge in [0.1, 0.15) is 6.33 Å². The summed E-state index contributed by atoms with van der Waals surface area (Å²) in [5, 5.41) is 5.21. The average Bonchev–Trinajstić information content (AvgIpc) is 2.48. The van der Waals surface area contributed by atoms with Crippen molar-refractivity contribution in [1.29, 1.82) is 0 Å². The lowest BCUT2D eigenvalue weighted by Crippen LogP contribution is -2.43. The van der Waals surface area contributed by atoms with Crippen molar-refractivity contribution >= 4 is 11.8 Å². The molecule has 0 radical (unpaired) electrons. The van der Waals surface area contributed by atoms with Gasteiger partial charge in [0.05, 0.1) is 5.03 Å². The molecule has 0 spiro atoms. The maximum Gasteiger partial charge on any atom is 0.116 e. The van der Waals surface area contributed by atoms with Crippen LogP contribution < -0.4 is 5.32 Å². The summed E-state index contributed by atoms with van der Waals surface area (Å²) in [5.41, 5.74) is 0.448. The fraction of sp³-hybridized carbons (Fsp3) is 0.750. The minimum atomic E-state index is 0.448. The number of aromatic nitrogens is 2. The van der Waals surface area contributed by atoms with E-state index in [-0.39, 0.29) is 0 Å². The minimum Gasteiger partial charge on any atom is -0.316 e. The summed E-state index contributed by atoms with van der Waals surface area (Å²) in [4.78, 5) is 8.38. The second kappa shape index (κ2) is 6.90. The maximum atomic E-state index is 4.37. The Morgan fingerprint density at radius 3 is 2.80 bits per heavy atom. The van der Waals surface area contributed by atoms with E-state index in [1.807, 2.05) is 24.0 Å². The van der Waals surface area contributed by atoms with Gasteiger partial charge in [-0.2, -0.15) is 0 Å². The Bertz CT molecular complexity index is 407. The fourth-order valence-corrected chi connectivity index (χ4v) is 4.41. The van der Waals surface area contributed by atoms with Gasteiger partial charge in [0.2, 0.25) is 0 Å². The molecule has 112 valence electrons. The van der Waals surface area contributed by atoms with E-state index in [2.05, 4.69) is 43.1 Å². The third kappa shape index (κ3) is 3.73. The molecule has 0 bridgehead atoms. The Morgan fingerprint density at radius 1 is 1.40 bits per heavy atom. The summed E-state index contributed by atoms with van der Waals surface area (Å²) in [7, 11) is 2.09. The first-order valence-electron chi connectivity index (χ1n) is 7.66. The third-order valence-corrected chi connectivity index (χ3v) is 6.31. The highest BCUT2D eigenvalue weighted by atomic mass is 32.2. The van der Waals surface area contributed by atoms with Crippen molar-refractivity contribution in [2.24, 2.45) is 11.3 Å². The number of nitrogens with zero attached hydrogens (tertiary/aromatic N) is 2. The van der Waals surface area contributed by atoms with Crippen LogP contribution in [0, 0.1) is 11.3 Å². The number of hydrogen-bond donors (Lipinski definition) is 1. The lowest BCUT2D eigenvalue weighted by molar-refractivity contribution is 0.142. The van der Waals surface area contributed by atoms with Gasteiger partial charge in [-0.15, -0.1) is 11.8 Å². The topological polar surface area (TPSA) is 37.8 Å². The fourth-order valence-electron chi connectivity index (χ4n) is 3.09. The highest BCUT2D eigenvalue weighted by Gasteiger charge is 2.37. The zero-order valence-electron chi connectivity index (χ0n) is 13.1.